The summed E-state index contributed by atoms with van der Waals surface area (Å²) in [6.07, 6.45) is -2.33. The van der Waals surface area contributed by atoms with Crippen molar-refractivity contribution in [1.29, 1.82) is 0 Å². The molecular weight excluding hydrogens is 494 g/mol. The van der Waals surface area contributed by atoms with Crippen LogP contribution in [0.25, 0.3) is 0 Å². The maximum Gasteiger partial charge on any atom is 0.272 e. The Kier molecular flexibility index (Phi) is 7.70. The second kappa shape index (κ2) is 11.1. The number of nitrogens with one attached hydrogen (secondary N) is 2. The molecule has 5 amide bonds. The van der Waals surface area contributed by atoms with Gasteiger partial charge < -0.3 is 14.8 Å². The molecule has 1 fully saturated rings. The highest BCUT2D eigenvalue weighted by Crippen LogP contribution is 2.33. The molecule has 1 saturated heterocycles. The van der Waals surface area contributed by atoms with Crippen LogP contribution in [-0.2, 0) is 14.4 Å². The molecule has 0 saturated carbocycles. The number of alkyl halides is 2. The number of imide groups is 2. The molecule has 3 heterocycles. The van der Waals surface area contributed by atoms with Crippen molar-refractivity contribution in [3.05, 3.63) is 47.5 Å². The Morgan fingerprint density at radius 2 is 1.89 bits per heavy atom. The molecule has 2 N–H and O–H groups in total. The number of pyridine rings is 1. The average molecular weight is 516 g/mol. The van der Waals surface area contributed by atoms with E-state index in [4.69, 9.17) is 9.47 Å². The van der Waals surface area contributed by atoms with E-state index < -0.39 is 48.6 Å². The maximum atomic E-state index is 13.0. The summed E-state index contributed by atoms with van der Waals surface area (Å²) in [4.78, 5) is 66.5. The van der Waals surface area contributed by atoms with Crippen molar-refractivity contribution in [2.75, 3.05) is 18.5 Å². The van der Waals surface area contributed by atoms with Crippen LogP contribution in [0.4, 0.5) is 14.6 Å². The molecule has 1 aromatic heterocycles. The maximum absolute atomic E-state index is 13.0. The predicted molar refractivity (Wildman–Crippen MR) is 122 cm³/mol. The fourth-order valence-corrected chi connectivity index (χ4v) is 3.94. The Morgan fingerprint density at radius 3 is 2.65 bits per heavy atom. The minimum atomic E-state index is -2.65. The van der Waals surface area contributed by atoms with Gasteiger partial charge in [0.2, 0.25) is 23.6 Å². The molecule has 0 spiro atoms. The summed E-state index contributed by atoms with van der Waals surface area (Å²) in [5.41, 5.74) is 0.108. The van der Waals surface area contributed by atoms with Gasteiger partial charge in [-0.05, 0) is 31.0 Å². The summed E-state index contributed by atoms with van der Waals surface area (Å²) < 4.78 is 35.1. The fraction of sp³-hybridized carbons (Fsp3) is 0.333. The Balaban J connectivity index is 1.31. The SMILES string of the molecule is O=C1CCC(N2C(=O)c3cccc(OCCCC(=O)Nc4cccc(OCC(F)F)n4)c3C2=O)C(=O)N1. The molecule has 0 aliphatic carbocycles. The molecule has 4 rings (SSSR count). The third kappa shape index (κ3) is 5.88. The van der Waals surface area contributed by atoms with E-state index in [-0.39, 0.29) is 60.9 Å². The molecule has 1 atom stereocenters. The summed E-state index contributed by atoms with van der Waals surface area (Å²) >= 11 is 0. The number of amides is 5. The zero-order chi connectivity index (χ0) is 26.5. The first kappa shape index (κ1) is 25.7. The van der Waals surface area contributed by atoms with Gasteiger partial charge >= 0.3 is 0 Å². The molecule has 37 heavy (non-hydrogen) atoms. The molecule has 0 radical (unpaired) electrons. The number of hydrogen-bond donors (Lipinski definition) is 2. The zero-order valence-electron chi connectivity index (χ0n) is 19.4. The summed E-state index contributed by atoms with van der Waals surface area (Å²) in [6, 6.07) is 7.77. The predicted octanol–water partition coefficient (Wildman–Crippen LogP) is 1.92. The standard InChI is InChI=1S/C24H22F2N4O7/c25-16(26)12-37-20-8-2-6-17(28-20)27-18(31)7-3-11-36-15-5-1-4-13-21(15)24(35)30(23(13)34)14-9-10-19(32)29-22(14)33/h1-2,4-6,8,14,16H,3,7,9-12H2,(H,27,28,31)(H,29,32,33). The van der Waals surface area contributed by atoms with Crippen molar-refractivity contribution in [3.8, 4) is 11.6 Å². The van der Waals surface area contributed by atoms with Crippen LogP contribution >= 0.6 is 0 Å². The number of carbonyl (C=O) groups excluding carboxylic acids is 5. The van der Waals surface area contributed by atoms with Crippen LogP contribution in [0.5, 0.6) is 11.6 Å². The van der Waals surface area contributed by atoms with Gasteiger partial charge in [-0.3, -0.25) is 34.2 Å². The van der Waals surface area contributed by atoms with Gasteiger partial charge in [0.1, 0.15) is 17.6 Å². The lowest BCUT2D eigenvalue weighted by atomic mass is 10.0. The van der Waals surface area contributed by atoms with E-state index in [9.17, 15) is 32.8 Å². The summed E-state index contributed by atoms with van der Waals surface area (Å²) in [5.74, 6) is -2.70. The van der Waals surface area contributed by atoms with Crippen molar-refractivity contribution in [2.24, 2.45) is 0 Å². The van der Waals surface area contributed by atoms with Crippen LogP contribution < -0.4 is 20.1 Å². The molecular formula is C24H22F2N4O7. The average Bonchev–Trinajstić information content (AvgIpc) is 3.11. The summed E-state index contributed by atoms with van der Waals surface area (Å²) in [7, 11) is 0. The van der Waals surface area contributed by atoms with E-state index in [0.29, 0.717) is 0 Å². The first-order valence-corrected chi connectivity index (χ1v) is 11.4. The Morgan fingerprint density at radius 1 is 1.11 bits per heavy atom. The minimum absolute atomic E-state index is 0.0117. The highest BCUT2D eigenvalue weighted by Gasteiger charge is 2.45. The largest absolute Gasteiger partial charge is 0.493 e. The van der Waals surface area contributed by atoms with Crippen LogP contribution in [-0.4, -0.2) is 65.1 Å². The highest BCUT2D eigenvalue weighted by molar-refractivity contribution is 6.24. The van der Waals surface area contributed by atoms with Crippen molar-refractivity contribution in [1.82, 2.24) is 15.2 Å². The number of fused-ring (bicyclic) bond motifs is 1. The van der Waals surface area contributed by atoms with Gasteiger partial charge in [0, 0.05) is 18.9 Å². The minimum Gasteiger partial charge on any atom is -0.493 e. The zero-order valence-corrected chi connectivity index (χ0v) is 19.4. The Bertz CT molecular complexity index is 1250. The van der Waals surface area contributed by atoms with Gasteiger partial charge in [-0.15, -0.1) is 0 Å². The Hall–Kier alpha value is -4.42. The number of rotatable bonds is 10. The van der Waals surface area contributed by atoms with E-state index in [1.54, 1.807) is 0 Å². The number of aromatic nitrogens is 1. The van der Waals surface area contributed by atoms with Gasteiger partial charge in [0.05, 0.1) is 17.7 Å². The molecule has 2 aliphatic heterocycles. The van der Waals surface area contributed by atoms with Crippen LogP contribution in [0.2, 0.25) is 0 Å². The number of piperidine rings is 1. The molecule has 194 valence electrons. The topological polar surface area (TPSA) is 144 Å². The van der Waals surface area contributed by atoms with Gasteiger partial charge in [0.25, 0.3) is 18.2 Å². The van der Waals surface area contributed by atoms with E-state index >= 15 is 0 Å². The number of anilines is 1. The second-order valence-electron chi connectivity index (χ2n) is 8.19. The monoisotopic (exact) mass is 516 g/mol. The van der Waals surface area contributed by atoms with Gasteiger partial charge in [-0.2, -0.15) is 4.98 Å². The number of ether oxygens (including phenoxy) is 2. The first-order valence-electron chi connectivity index (χ1n) is 11.4. The van der Waals surface area contributed by atoms with E-state index in [0.717, 1.165) is 4.90 Å². The smallest absolute Gasteiger partial charge is 0.272 e. The van der Waals surface area contributed by atoms with Crippen molar-refractivity contribution in [3.63, 3.8) is 0 Å². The van der Waals surface area contributed by atoms with Crippen molar-refractivity contribution < 1.29 is 42.2 Å². The van der Waals surface area contributed by atoms with Crippen LogP contribution in [0.1, 0.15) is 46.4 Å². The number of hydrogen-bond acceptors (Lipinski definition) is 8. The quantitative estimate of drug-likeness (QED) is 0.360. The molecule has 0 bridgehead atoms. The normalized spacial score (nSPS) is 17.1. The lowest BCUT2D eigenvalue weighted by Crippen LogP contribution is -2.54. The molecule has 1 aromatic carbocycles. The van der Waals surface area contributed by atoms with E-state index in [1.165, 1.54) is 36.4 Å². The molecule has 2 aliphatic rings. The highest BCUT2D eigenvalue weighted by atomic mass is 19.3. The van der Waals surface area contributed by atoms with Gasteiger partial charge in [-0.25, -0.2) is 8.78 Å². The number of halogens is 2. The van der Waals surface area contributed by atoms with Crippen LogP contribution in [0.3, 0.4) is 0 Å². The number of carbonyl (C=O) groups is 5. The van der Waals surface area contributed by atoms with E-state index in [2.05, 4.69) is 15.6 Å². The van der Waals surface area contributed by atoms with E-state index in [1.807, 2.05) is 0 Å². The van der Waals surface area contributed by atoms with Gasteiger partial charge in [-0.1, -0.05) is 12.1 Å². The molecule has 11 nitrogen and oxygen atoms in total. The van der Waals surface area contributed by atoms with Crippen molar-refractivity contribution in [2.45, 2.75) is 38.2 Å². The fourth-order valence-electron chi connectivity index (χ4n) is 3.94. The van der Waals surface area contributed by atoms with Gasteiger partial charge in [0.15, 0.2) is 6.61 Å². The molecule has 2 aromatic rings. The van der Waals surface area contributed by atoms with Crippen molar-refractivity contribution >= 4 is 35.4 Å². The number of benzene rings is 1. The lowest BCUT2D eigenvalue weighted by Gasteiger charge is -2.27. The Labute approximate surface area is 209 Å². The summed E-state index contributed by atoms with van der Waals surface area (Å²) in [6.45, 7) is -0.779. The molecule has 1 unspecified atom stereocenters. The third-order valence-electron chi connectivity index (χ3n) is 5.58. The summed E-state index contributed by atoms with van der Waals surface area (Å²) in [5, 5.41) is 4.67. The molecule has 13 heteroatoms. The van der Waals surface area contributed by atoms with Crippen LogP contribution in [0, 0.1) is 0 Å². The lowest BCUT2D eigenvalue weighted by molar-refractivity contribution is -0.136. The third-order valence-corrected chi connectivity index (χ3v) is 5.58. The van der Waals surface area contributed by atoms with Crippen LogP contribution in [0.15, 0.2) is 36.4 Å². The number of nitrogens with zero attached hydrogens (tertiary/aromatic N) is 2. The second-order valence-corrected chi connectivity index (χ2v) is 8.19. The first-order chi connectivity index (χ1) is 17.7.